The third kappa shape index (κ3) is 6.54. The lowest BCUT2D eigenvalue weighted by molar-refractivity contribution is -0.123. The second kappa shape index (κ2) is 10.4. The van der Waals surface area contributed by atoms with E-state index in [9.17, 15) is 9.59 Å². The fraction of sp³-hybridized carbons (Fsp3) is 0.0833. The van der Waals surface area contributed by atoms with E-state index in [-0.39, 0.29) is 18.4 Å². The van der Waals surface area contributed by atoms with Gasteiger partial charge in [-0.1, -0.05) is 36.4 Å². The third-order valence-corrected chi connectivity index (χ3v) is 4.21. The first-order valence-electron chi connectivity index (χ1n) is 9.46. The minimum absolute atomic E-state index is 0.141. The van der Waals surface area contributed by atoms with Crippen LogP contribution in [0.3, 0.4) is 0 Å². The van der Waals surface area contributed by atoms with E-state index in [1.807, 2.05) is 24.3 Å². The van der Waals surface area contributed by atoms with E-state index in [2.05, 4.69) is 21.9 Å². The Hall–Kier alpha value is -4.44. The lowest BCUT2D eigenvalue weighted by Crippen LogP contribution is -2.24. The molecule has 0 bridgehead atoms. The number of carbonyl (C=O) groups is 2. The molecular formula is C24H20N4O3. The Morgan fingerprint density at radius 2 is 1.58 bits per heavy atom. The zero-order valence-electron chi connectivity index (χ0n) is 16.8. The van der Waals surface area contributed by atoms with Crippen molar-refractivity contribution in [2.24, 2.45) is 5.10 Å². The molecule has 3 aromatic carbocycles. The maximum Gasteiger partial charge on any atom is 0.277 e. The summed E-state index contributed by atoms with van der Waals surface area (Å²) >= 11 is 0. The molecule has 31 heavy (non-hydrogen) atoms. The number of hydrogen-bond donors (Lipinski definition) is 2. The van der Waals surface area contributed by atoms with Crippen LogP contribution >= 0.6 is 0 Å². The molecule has 0 aliphatic carbocycles. The fourth-order valence-corrected chi connectivity index (χ4v) is 2.70. The summed E-state index contributed by atoms with van der Waals surface area (Å²) in [6.45, 7) is 1.27. The minimum Gasteiger partial charge on any atom is -0.484 e. The van der Waals surface area contributed by atoms with Crippen LogP contribution in [-0.4, -0.2) is 24.6 Å². The Bertz CT molecular complexity index is 1110. The predicted molar refractivity (Wildman–Crippen MR) is 119 cm³/mol. The van der Waals surface area contributed by atoms with Gasteiger partial charge in [-0.2, -0.15) is 10.4 Å². The van der Waals surface area contributed by atoms with Gasteiger partial charge in [-0.3, -0.25) is 9.59 Å². The predicted octanol–water partition coefficient (Wildman–Crippen LogP) is 3.71. The first-order chi connectivity index (χ1) is 15.0. The van der Waals surface area contributed by atoms with Crippen molar-refractivity contribution in [3.05, 3.63) is 83.9 Å². The number of nitriles is 1. The molecule has 0 heterocycles. The zero-order valence-corrected chi connectivity index (χ0v) is 16.8. The molecule has 3 rings (SSSR count). The SMILES string of the molecule is CC(=O)Nc1ccc(/C=N\NC(=O)COc2ccc(-c3ccc(C#N)cc3)cc2)cc1. The van der Waals surface area contributed by atoms with Crippen molar-refractivity contribution >= 4 is 23.7 Å². The van der Waals surface area contributed by atoms with E-state index < -0.39 is 0 Å². The molecule has 0 saturated carbocycles. The number of nitrogens with zero attached hydrogens (tertiary/aromatic N) is 2. The van der Waals surface area contributed by atoms with Gasteiger partial charge in [0.25, 0.3) is 5.91 Å². The van der Waals surface area contributed by atoms with Gasteiger partial charge in [0.15, 0.2) is 6.61 Å². The number of nitrogens with one attached hydrogen (secondary N) is 2. The highest BCUT2D eigenvalue weighted by Crippen LogP contribution is 2.22. The van der Waals surface area contributed by atoms with Gasteiger partial charge in [0, 0.05) is 12.6 Å². The number of rotatable bonds is 7. The van der Waals surface area contributed by atoms with Gasteiger partial charge in [-0.05, 0) is 53.1 Å². The first kappa shape index (κ1) is 21.3. The highest BCUT2D eigenvalue weighted by Gasteiger charge is 2.03. The number of hydrogen-bond acceptors (Lipinski definition) is 5. The number of carbonyl (C=O) groups excluding carboxylic acids is 2. The van der Waals surface area contributed by atoms with Gasteiger partial charge >= 0.3 is 0 Å². The summed E-state index contributed by atoms with van der Waals surface area (Å²) in [5.41, 5.74) is 6.45. The molecule has 0 aliphatic rings. The standard InChI is InChI=1S/C24H20N4O3/c1-17(29)27-22-10-4-19(5-11-22)15-26-28-24(30)16-31-23-12-8-21(9-13-23)20-6-2-18(14-25)3-7-20/h2-13,15H,16H2,1H3,(H,27,29)(H,28,30)/b26-15-. The number of anilines is 1. The van der Waals surface area contributed by atoms with Crippen LogP contribution < -0.4 is 15.5 Å². The molecule has 0 unspecified atom stereocenters. The first-order valence-corrected chi connectivity index (χ1v) is 9.46. The van der Waals surface area contributed by atoms with Crippen molar-refractivity contribution in [3.63, 3.8) is 0 Å². The van der Waals surface area contributed by atoms with Gasteiger partial charge in [0.2, 0.25) is 5.91 Å². The molecule has 0 saturated heterocycles. The molecule has 0 atom stereocenters. The van der Waals surface area contributed by atoms with E-state index in [1.165, 1.54) is 13.1 Å². The van der Waals surface area contributed by atoms with Crippen molar-refractivity contribution in [1.82, 2.24) is 5.43 Å². The molecule has 7 nitrogen and oxygen atoms in total. The van der Waals surface area contributed by atoms with Gasteiger partial charge in [-0.15, -0.1) is 0 Å². The Labute approximate surface area is 180 Å². The van der Waals surface area contributed by atoms with E-state index in [4.69, 9.17) is 10.00 Å². The highest BCUT2D eigenvalue weighted by atomic mass is 16.5. The van der Waals surface area contributed by atoms with Crippen molar-refractivity contribution < 1.29 is 14.3 Å². The quantitative estimate of drug-likeness (QED) is 0.456. The topological polar surface area (TPSA) is 104 Å². The maximum atomic E-state index is 11.9. The number of amides is 2. The van der Waals surface area contributed by atoms with Crippen molar-refractivity contribution in [2.75, 3.05) is 11.9 Å². The summed E-state index contributed by atoms with van der Waals surface area (Å²) in [7, 11) is 0. The van der Waals surface area contributed by atoms with Gasteiger partial charge in [-0.25, -0.2) is 5.43 Å². The average molecular weight is 412 g/mol. The molecule has 2 amide bonds. The Kier molecular flexibility index (Phi) is 7.12. The molecule has 0 fully saturated rings. The van der Waals surface area contributed by atoms with Crippen LogP contribution in [0.1, 0.15) is 18.1 Å². The monoisotopic (exact) mass is 412 g/mol. The summed E-state index contributed by atoms with van der Waals surface area (Å²) in [6, 6.07) is 23.8. The van der Waals surface area contributed by atoms with Crippen LogP contribution in [0.15, 0.2) is 77.9 Å². The van der Waals surface area contributed by atoms with Crippen LogP contribution in [-0.2, 0) is 9.59 Å². The maximum absolute atomic E-state index is 11.9. The lowest BCUT2D eigenvalue weighted by atomic mass is 10.0. The molecular weight excluding hydrogens is 392 g/mol. The van der Waals surface area contributed by atoms with Crippen molar-refractivity contribution in [1.29, 1.82) is 5.26 Å². The summed E-state index contributed by atoms with van der Waals surface area (Å²) < 4.78 is 5.48. The Morgan fingerprint density at radius 1 is 0.968 bits per heavy atom. The van der Waals surface area contributed by atoms with Crippen LogP contribution in [0.5, 0.6) is 5.75 Å². The minimum atomic E-state index is -0.387. The Morgan fingerprint density at radius 3 is 2.16 bits per heavy atom. The van der Waals surface area contributed by atoms with Crippen molar-refractivity contribution in [3.8, 4) is 22.9 Å². The molecule has 7 heteroatoms. The van der Waals surface area contributed by atoms with Crippen LogP contribution in [0.4, 0.5) is 5.69 Å². The van der Waals surface area contributed by atoms with Crippen LogP contribution in [0.2, 0.25) is 0 Å². The van der Waals surface area contributed by atoms with E-state index in [1.54, 1.807) is 48.5 Å². The summed E-state index contributed by atoms with van der Waals surface area (Å²) in [5.74, 6) is 0.0324. The van der Waals surface area contributed by atoms with E-state index >= 15 is 0 Å². The smallest absolute Gasteiger partial charge is 0.277 e. The Balaban J connectivity index is 1.46. The molecule has 3 aromatic rings. The van der Waals surface area contributed by atoms with Gasteiger partial charge < -0.3 is 10.1 Å². The third-order valence-electron chi connectivity index (χ3n) is 4.21. The number of ether oxygens (including phenoxy) is 1. The summed E-state index contributed by atoms with van der Waals surface area (Å²) in [4.78, 5) is 22.9. The van der Waals surface area contributed by atoms with Crippen molar-refractivity contribution in [2.45, 2.75) is 6.92 Å². The van der Waals surface area contributed by atoms with Gasteiger partial charge in [0.05, 0.1) is 17.8 Å². The van der Waals surface area contributed by atoms with Crippen LogP contribution in [0, 0.1) is 11.3 Å². The highest BCUT2D eigenvalue weighted by molar-refractivity contribution is 5.89. The molecule has 0 aliphatic heterocycles. The molecule has 154 valence electrons. The number of hydrazone groups is 1. The lowest BCUT2D eigenvalue weighted by Gasteiger charge is -2.07. The average Bonchev–Trinajstić information content (AvgIpc) is 2.79. The number of benzene rings is 3. The summed E-state index contributed by atoms with van der Waals surface area (Å²) in [6.07, 6.45) is 1.50. The largest absolute Gasteiger partial charge is 0.484 e. The van der Waals surface area contributed by atoms with E-state index in [0.717, 1.165) is 16.7 Å². The molecule has 0 spiro atoms. The zero-order chi connectivity index (χ0) is 22.1. The molecule has 2 N–H and O–H groups in total. The molecule has 0 aromatic heterocycles. The summed E-state index contributed by atoms with van der Waals surface area (Å²) in [5, 5.41) is 15.4. The molecule has 0 radical (unpaired) electrons. The fourth-order valence-electron chi connectivity index (χ4n) is 2.70. The second-order valence-electron chi connectivity index (χ2n) is 6.60. The van der Waals surface area contributed by atoms with E-state index in [0.29, 0.717) is 17.0 Å². The second-order valence-corrected chi connectivity index (χ2v) is 6.60. The van der Waals surface area contributed by atoms with Gasteiger partial charge in [0.1, 0.15) is 5.75 Å². The normalized spacial score (nSPS) is 10.3. The van der Waals surface area contributed by atoms with Crippen LogP contribution in [0.25, 0.3) is 11.1 Å².